The molecule has 0 saturated carbocycles. The summed E-state index contributed by atoms with van der Waals surface area (Å²) in [5.41, 5.74) is 11.4. The first kappa shape index (κ1) is 25.9. The first-order valence-corrected chi connectivity index (χ1v) is 16.8. The molecule has 3 heteroatoms. The monoisotopic (exact) mass is 606 g/mol. The zero-order chi connectivity index (χ0) is 30.4. The second-order valence-corrected chi connectivity index (χ2v) is 13.8. The lowest BCUT2D eigenvalue weighted by molar-refractivity contribution is 0.503. The Morgan fingerprint density at radius 3 is 2.17 bits per heavy atom. The van der Waals surface area contributed by atoms with Gasteiger partial charge in [0.1, 0.15) is 0 Å². The highest BCUT2D eigenvalue weighted by atomic mass is 32.1. The van der Waals surface area contributed by atoms with Crippen LogP contribution in [0.25, 0.3) is 54.8 Å². The van der Waals surface area contributed by atoms with Gasteiger partial charge in [-0.15, -0.1) is 11.3 Å². The first-order valence-electron chi connectivity index (χ1n) is 16.0. The highest BCUT2D eigenvalue weighted by Crippen LogP contribution is 2.61. The van der Waals surface area contributed by atoms with Crippen molar-refractivity contribution >= 4 is 60.7 Å². The number of aromatic nitrogens is 1. The van der Waals surface area contributed by atoms with E-state index in [9.17, 15) is 0 Å². The predicted octanol–water partition coefficient (Wildman–Crippen LogP) is 11.8. The summed E-state index contributed by atoms with van der Waals surface area (Å²) in [5.74, 6) is 0. The molecule has 6 aromatic carbocycles. The van der Waals surface area contributed by atoms with Gasteiger partial charge in [-0.25, -0.2) is 0 Å². The molecule has 0 saturated heterocycles. The van der Waals surface area contributed by atoms with Crippen molar-refractivity contribution in [1.29, 1.82) is 0 Å². The molecule has 8 aromatic rings. The normalized spacial score (nSPS) is 18.3. The molecule has 1 aliphatic carbocycles. The molecule has 2 atom stereocenters. The number of hydrogen-bond acceptors (Lipinski definition) is 2. The number of thiophene rings is 1. The van der Waals surface area contributed by atoms with Crippen molar-refractivity contribution in [3.8, 4) is 16.8 Å². The number of benzene rings is 6. The summed E-state index contributed by atoms with van der Waals surface area (Å²) in [6.07, 6.45) is 4.86. The molecule has 46 heavy (non-hydrogen) atoms. The van der Waals surface area contributed by atoms with E-state index in [0.717, 1.165) is 0 Å². The zero-order valence-electron chi connectivity index (χ0n) is 25.4. The third-order valence-electron chi connectivity index (χ3n) is 10.2. The SMILES string of the molecule is CC12C=Cc3sc4c(ccc5c6ccccc6n(-c6cccc(-c7ccccc7)c6)c54)c3C1N(c1ccccc1)c1ccccc12. The number of rotatable bonds is 3. The maximum absolute atomic E-state index is 2.59. The van der Waals surface area contributed by atoms with Crippen LogP contribution in [-0.2, 0) is 5.41 Å². The Kier molecular flexibility index (Phi) is 5.38. The standard InChI is InChI=1S/C43H30N2S/c1-43-26-25-38-39(42(43)45(30-16-6-3-7-17-30)37-22-11-9-20-35(37)43)34-24-23-33-32-19-8-10-21-36(32)44(40(33)41(34)46-38)31-18-12-15-29(27-31)28-13-4-2-5-14-28/h2-27,42H,1H3. The number of anilines is 2. The van der Waals surface area contributed by atoms with Crippen LogP contribution in [0.5, 0.6) is 0 Å². The number of para-hydroxylation sites is 3. The van der Waals surface area contributed by atoms with Gasteiger partial charge in [0.25, 0.3) is 0 Å². The minimum absolute atomic E-state index is 0.151. The second kappa shape index (κ2) is 9.56. The van der Waals surface area contributed by atoms with Crippen molar-refractivity contribution in [2.24, 2.45) is 0 Å². The van der Waals surface area contributed by atoms with Crippen molar-refractivity contribution in [2.45, 2.75) is 18.4 Å². The summed E-state index contributed by atoms with van der Waals surface area (Å²) >= 11 is 1.94. The van der Waals surface area contributed by atoms with Crippen LogP contribution in [0.1, 0.15) is 29.0 Å². The Bertz CT molecular complexity index is 2500. The molecular formula is C43H30N2S. The molecule has 2 aromatic heterocycles. The molecule has 2 aliphatic rings. The third kappa shape index (κ3) is 3.46. The molecule has 3 heterocycles. The highest BCUT2D eigenvalue weighted by Gasteiger charge is 2.50. The van der Waals surface area contributed by atoms with Gasteiger partial charge in [0.15, 0.2) is 0 Å². The lowest BCUT2D eigenvalue weighted by Gasteiger charge is -2.38. The van der Waals surface area contributed by atoms with Crippen molar-refractivity contribution < 1.29 is 0 Å². The van der Waals surface area contributed by atoms with E-state index >= 15 is 0 Å². The molecule has 10 rings (SSSR count). The summed E-state index contributed by atoms with van der Waals surface area (Å²) < 4.78 is 3.85. The summed E-state index contributed by atoms with van der Waals surface area (Å²) in [6, 6.07) is 53.4. The average molecular weight is 607 g/mol. The van der Waals surface area contributed by atoms with Gasteiger partial charge in [-0.3, -0.25) is 0 Å². The topological polar surface area (TPSA) is 8.17 Å². The average Bonchev–Trinajstić information content (AvgIpc) is 3.75. The van der Waals surface area contributed by atoms with Crippen molar-refractivity contribution in [1.82, 2.24) is 4.57 Å². The van der Waals surface area contributed by atoms with E-state index in [-0.39, 0.29) is 11.5 Å². The second-order valence-electron chi connectivity index (χ2n) is 12.7. The molecule has 0 N–H and O–H groups in total. The molecular weight excluding hydrogens is 577 g/mol. The molecule has 218 valence electrons. The van der Waals surface area contributed by atoms with Gasteiger partial charge in [-0.05, 0) is 66.1 Å². The fourth-order valence-electron chi connectivity index (χ4n) is 8.20. The van der Waals surface area contributed by atoms with Gasteiger partial charge >= 0.3 is 0 Å². The van der Waals surface area contributed by atoms with Crippen LogP contribution < -0.4 is 4.90 Å². The van der Waals surface area contributed by atoms with E-state index in [1.54, 1.807) is 0 Å². The Morgan fingerprint density at radius 1 is 0.609 bits per heavy atom. The van der Waals surface area contributed by atoms with Gasteiger partial charge in [-0.2, -0.15) is 0 Å². The summed E-state index contributed by atoms with van der Waals surface area (Å²) in [6.45, 7) is 2.42. The smallest absolute Gasteiger partial charge is 0.0741 e. The number of fused-ring (bicyclic) bond motifs is 11. The first-order chi connectivity index (χ1) is 22.7. The van der Waals surface area contributed by atoms with Crippen LogP contribution in [-0.4, -0.2) is 4.57 Å². The summed E-state index contributed by atoms with van der Waals surface area (Å²) in [7, 11) is 0. The molecule has 2 unspecified atom stereocenters. The quantitative estimate of drug-likeness (QED) is 0.194. The van der Waals surface area contributed by atoms with Crippen LogP contribution >= 0.6 is 11.3 Å². The molecule has 0 radical (unpaired) electrons. The van der Waals surface area contributed by atoms with E-state index in [2.05, 4.69) is 174 Å². The van der Waals surface area contributed by atoms with Crippen molar-refractivity contribution in [2.75, 3.05) is 4.90 Å². The van der Waals surface area contributed by atoms with Crippen molar-refractivity contribution in [3.63, 3.8) is 0 Å². The van der Waals surface area contributed by atoms with Gasteiger partial charge in [0.2, 0.25) is 0 Å². The van der Waals surface area contributed by atoms with E-state index in [1.165, 1.54) is 76.1 Å². The molecule has 0 bridgehead atoms. The summed E-state index contributed by atoms with van der Waals surface area (Å²) in [5, 5.41) is 3.94. The number of nitrogens with zero attached hydrogens (tertiary/aromatic N) is 2. The summed E-state index contributed by atoms with van der Waals surface area (Å²) in [4.78, 5) is 3.95. The van der Waals surface area contributed by atoms with Crippen LogP contribution in [0.4, 0.5) is 11.4 Å². The lowest BCUT2D eigenvalue weighted by atomic mass is 9.72. The molecule has 0 amide bonds. The number of hydrogen-bond donors (Lipinski definition) is 0. The van der Waals surface area contributed by atoms with E-state index < -0.39 is 0 Å². The van der Waals surface area contributed by atoms with Gasteiger partial charge in [-0.1, -0.05) is 115 Å². The Morgan fingerprint density at radius 2 is 1.30 bits per heavy atom. The Labute approximate surface area is 272 Å². The van der Waals surface area contributed by atoms with Gasteiger partial charge < -0.3 is 9.47 Å². The third-order valence-corrected chi connectivity index (χ3v) is 11.4. The van der Waals surface area contributed by atoms with E-state index in [1.807, 2.05) is 11.3 Å². The van der Waals surface area contributed by atoms with Gasteiger partial charge in [0.05, 0.1) is 21.8 Å². The maximum atomic E-state index is 2.59. The van der Waals surface area contributed by atoms with E-state index in [4.69, 9.17) is 0 Å². The highest BCUT2D eigenvalue weighted by molar-refractivity contribution is 7.21. The molecule has 0 spiro atoms. The fraction of sp³-hybridized carbons (Fsp3) is 0.0698. The fourth-order valence-corrected chi connectivity index (χ4v) is 9.47. The van der Waals surface area contributed by atoms with Crippen LogP contribution in [0, 0.1) is 0 Å². The Balaban J connectivity index is 1.27. The van der Waals surface area contributed by atoms with E-state index in [0.29, 0.717) is 0 Å². The Hall–Kier alpha value is -5.38. The van der Waals surface area contributed by atoms with Gasteiger partial charge in [0, 0.05) is 49.1 Å². The minimum Gasteiger partial charge on any atom is -0.332 e. The predicted molar refractivity (Wildman–Crippen MR) is 196 cm³/mol. The minimum atomic E-state index is -0.154. The zero-order valence-corrected chi connectivity index (χ0v) is 26.2. The lowest BCUT2D eigenvalue weighted by Crippen LogP contribution is -2.33. The maximum Gasteiger partial charge on any atom is 0.0741 e. The van der Waals surface area contributed by atoms with Crippen LogP contribution in [0.15, 0.2) is 152 Å². The largest absolute Gasteiger partial charge is 0.332 e. The van der Waals surface area contributed by atoms with Crippen molar-refractivity contribution in [3.05, 3.63) is 168 Å². The van der Waals surface area contributed by atoms with Crippen LogP contribution in [0.2, 0.25) is 0 Å². The molecule has 0 fully saturated rings. The molecule has 2 nitrogen and oxygen atoms in total. The van der Waals surface area contributed by atoms with Crippen LogP contribution in [0.3, 0.4) is 0 Å². The molecule has 1 aliphatic heterocycles.